The summed E-state index contributed by atoms with van der Waals surface area (Å²) < 4.78 is 26.5. The fraction of sp³-hybridized carbons (Fsp3) is 0.868. The van der Waals surface area contributed by atoms with E-state index in [0.29, 0.717) is 44.6 Å². The molecule has 4 aliphatic carbocycles. The molecule has 0 aromatic rings. The van der Waals surface area contributed by atoms with Crippen LogP contribution in [0.5, 0.6) is 0 Å². The van der Waals surface area contributed by atoms with Gasteiger partial charge in [0.05, 0.1) is 22.6 Å². The van der Waals surface area contributed by atoms with Crippen LogP contribution in [0.4, 0.5) is 4.79 Å². The van der Waals surface area contributed by atoms with Crippen LogP contribution in [0.3, 0.4) is 0 Å². The van der Waals surface area contributed by atoms with Crippen molar-refractivity contribution in [3.8, 4) is 0 Å². The summed E-state index contributed by atoms with van der Waals surface area (Å²) in [5, 5.41) is 11.1. The number of piperidine rings is 1. The number of urea groups is 1. The van der Waals surface area contributed by atoms with Gasteiger partial charge in [-0.15, -0.1) is 0 Å². The number of Topliss-reactive ketones (excluding diaryl/α,β-unsaturated/α-hetero) is 1. The lowest BCUT2D eigenvalue weighted by Gasteiger charge is -2.47. The zero-order valence-corrected chi connectivity index (χ0v) is 32.5. The van der Waals surface area contributed by atoms with Crippen LogP contribution >= 0.6 is 0 Å². The van der Waals surface area contributed by atoms with Crippen molar-refractivity contribution in [3.05, 3.63) is 0 Å². The molecule has 4 saturated carbocycles. The molecular weight excluding hydrogens is 671 g/mol. The van der Waals surface area contributed by atoms with E-state index < -0.39 is 67.8 Å². The lowest BCUT2D eigenvalue weighted by atomic mass is 9.67. The van der Waals surface area contributed by atoms with E-state index in [-0.39, 0.29) is 40.4 Å². The van der Waals surface area contributed by atoms with E-state index in [2.05, 4.69) is 49.0 Å². The van der Waals surface area contributed by atoms with Gasteiger partial charge in [0, 0.05) is 12.6 Å². The van der Waals surface area contributed by atoms with Crippen LogP contribution in [0.2, 0.25) is 0 Å². The molecule has 0 unspecified atom stereocenters. The highest BCUT2D eigenvalue weighted by molar-refractivity contribution is 7.92. The number of amides is 5. The van der Waals surface area contributed by atoms with Gasteiger partial charge in [0.25, 0.3) is 5.91 Å². The van der Waals surface area contributed by atoms with Crippen LogP contribution in [-0.4, -0.2) is 90.1 Å². The number of fused-ring (bicyclic) bond motifs is 1. The first-order chi connectivity index (χ1) is 23.7. The van der Waals surface area contributed by atoms with E-state index in [1.807, 2.05) is 20.8 Å². The van der Waals surface area contributed by atoms with Crippen molar-refractivity contribution in [2.24, 2.45) is 34.0 Å². The third kappa shape index (κ3) is 7.98. The summed E-state index contributed by atoms with van der Waals surface area (Å²) in [4.78, 5) is 70.5. The maximum Gasteiger partial charge on any atom is 0.315 e. The number of rotatable bonds is 12. The lowest BCUT2D eigenvalue weighted by Crippen LogP contribution is -2.65. The number of nitrogens with one attached hydrogen (secondary N) is 4. The fourth-order valence-corrected chi connectivity index (χ4v) is 11.7. The number of likely N-dealkylation sites (tertiary alicyclic amines) is 1. The van der Waals surface area contributed by atoms with Crippen molar-refractivity contribution in [2.45, 2.75) is 160 Å². The minimum absolute atomic E-state index is 0.0126. The molecule has 51 heavy (non-hydrogen) atoms. The maximum absolute atomic E-state index is 14.6. The second kappa shape index (κ2) is 13.3. The molecule has 12 nitrogen and oxygen atoms in total. The van der Waals surface area contributed by atoms with Crippen LogP contribution in [0, 0.1) is 34.0 Å². The molecular formula is C38H61N5O7S. The summed E-state index contributed by atoms with van der Waals surface area (Å²) in [7, 11) is -3.39. The van der Waals surface area contributed by atoms with Crippen LogP contribution in [-0.2, 0) is 29.0 Å². The molecule has 0 radical (unpaired) electrons. The molecule has 13 heteroatoms. The smallest absolute Gasteiger partial charge is 0.315 e. The molecule has 6 aliphatic rings. The molecule has 4 N–H and O–H groups in total. The molecule has 286 valence electrons. The number of sulfone groups is 1. The van der Waals surface area contributed by atoms with Crippen LogP contribution in [0.15, 0.2) is 0 Å². The van der Waals surface area contributed by atoms with Crippen molar-refractivity contribution >= 4 is 39.4 Å². The lowest BCUT2D eigenvalue weighted by molar-refractivity contribution is -0.145. The Labute approximate surface area is 304 Å². The van der Waals surface area contributed by atoms with Gasteiger partial charge < -0.3 is 26.2 Å². The highest BCUT2D eigenvalue weighted by Crippen LogP contribution is 2.65. The highest BCUT2D eigenvalue weighted by atomic mass is 32.2. The van der Waals surface area contributed by atoms with Gasteiger partial charge in [-0.05, 0) is 98.2 Å². The van der Waals surface area contributed by atoms with Gasteiger partial charge in [-0.25, -0.2) is 13.2 Å². The Morgan fingerprint density at radius 2 is 1.53 bits per heavy atom. The number of hydrogen-bond donors (Lipinski definition) is 4. The first-order valence-corrected chi connectivity index (χ1v) is 21.1. The van der Waals surface area contributed by atoms with E-state index in [9.17, 15) is 32.4 Å². The van der Waals surface area contributed by atoms with E-state index in [1.165, 1.54) is 0 Å². The predicted molar refractivity (Wildman–Crippen MR) is 193 cm³/mol. The average Bonchev–Trinajstić information content (AvgIpc) is 3.99. The molecule has 0 spiro atoms. The monoisotopic (exact) mass is 731 g/mol. The molecule has 6 rings (SSSR count). The third-order valence-electron chi connectivity index (χ3n) is 13.3. The standard InChI is InChI=1S/C38H61N5O7S/c1-35(2,3)30(41-34(48)42-38(18-16-36(4,5)17-19-38)26-9-8-20-51(26,49)50)33(47)43-21-24-27(37(24,6)7)28(43)31(45)40-25(15-12-22-10-11-22)29(44)32(46)39-23-13-14-23/h22-28,30H,8-21H2,1-7H3,(H,39,46)(H,40,45)(H2,41,42,48)/t24-,25-,26+,27-,28-,30+/m0/s1. The number of ketones is 1. The topological polar surface area (TPSA) is 171 Å². The second-order valence-corrected chi connectivity index (χ2v) is 21.6. The number of hydrogen-bond acceptors (Lipinski definition) is 7. The Morgan fingerprint density at radius 3 is 2.08 bits per heavy atom. The summed E-state index contributed by atoms with van der Waals surface area (Å²) in [6.45, 7) is 14.4. The number of carbonyl (C=O) groups excluding carboxylic acids is 5. The van der Waals surface area contributed by atoms with E-state index >= 15 is 0 Å². The first-order valence-electron chi connectivity index (χ1n) is 19.4. The summed E-state index contributed by atoms with van der Waals surface area (Å²) in [5.41, 5.74) is -1.82. The predicted octanol–water partition coefficient (Wildman–Crippen LogP) is 3.62. The summed E-state index contributed by atoms with van der Waals surface area (Å²) in [5.74, 6) is -1.59. The van der Waals surface area contributed by atoms with Crippen molar-refractivity contribution in [3.63, 3.8) is 0 Å². The van der Waals surface area contributed by atoms with Gasteiger partial charge in [-0.3, -0.25) is 19.2 Å². The van der Waals surface area contributed by atoms with Gasteiger partial charge in [-0.2, -0.15) is 0 Å². The molecule has 5 amide bonds. The van der Waals surface area contributed by atoms with E-state index in [4.69, 9.17) is 0 Å². The second-order valence-electron chi connectivity index (χ2n) is 19.3. The van der Waals surface area contributed by atoms with Gasteiger partial charge in [0.1, 0.15) is 12.1 Å². The zero-order valence-electron chi connectivity index (χ0n) is 31.7. The molecule has 2 heterocycles. The molecule has 6 fully saturated rings. The van der Waals surface area contributed by atoms with Gasteiger partial charge >= 0.3 is 6.03 Å². The fourth-order valence-electron chi connectivity index (χ4n) is 9.31. The van der Waals surface area contributed by atoms with Gasteiger partial charge in [-0.1, -0.05) is 61.3 Å². The van der Waals surface area contributed by atoms with Crippen LogP contribution in [0.1, 0.15) is 126 Å². The molecule has 6 atom stereocenters. The molecule has 0 aromatic carbocycles. The largest absolute Gasteiger partial charge is 0.347 e. The van der Waals surface area contributed by atoms with Crippen LogP contribution < -0.4 is 21.3 Å². The molecule has 2 aliphatic heterocycles. The third-order valence-corrected chi connectivity index (χ3v) is 15.7. The Hall–Kier alpha value is -2.70. The summed E-state index contributed by atoms with van der Waals surface area (Å²) >= 11 is 0. The Morgan fingerprint density at radius 1 is 0.882 bits per heavy atom. The van der Waals surface area contributed by atoms with Crippen LogP contribution in [0.25, 0.3) is 0 Å². The summed E-state index contributed by atoms with van der Waals surface area (Å²) in [6, 6.07) is -3.41. The van der Waals surface area contributed by atoms with E-state index in [0.717, 1.165) is 44.9 Å². The minimum Gasteiger partial charge on any atom is -0.347 e. The average molecular weight is 732 g/mol. The van der Waals surface area contributed by atoms with Crippen molar-refractivity contribution in [2.75, 3.05) is 12.3 Å². The van der Waals surface area contributed by atoms with Crippen molar-refractivity contribution in [1.29, 1.82) is 0 Å². The van der Waals surface area contributed by atoms with Gasteiger partial charge in [0.15, 0.2) is 9.84 Å². The molecule has 0 aromatic heterocycles. The van der Waals surface area contributed by atoms with Gasteiger partial charge in [0.2, 0.25) is 17.6 Å². The quantitative estimate of drug-likeness (QED) is 0.222. The zero-order chi connectivity index (χ0) is 37.3. The normalized spacial score (nSPS) is 31.1. The minimum atomic E-state index is -3.39. The number of carbonyl (C=O) groups is 5. The van der Waals surface area contributed by atoms with Crippen molar-refractivity contribution in [1.82, 2.24) is 26.2 Å². The number of nitrogens with zero attached hydrogens (tertiary/aromatic N) is 1. The molecule has 0 bridgehead atoms. The first kappa shape index (κ1) is 38.0. The Balaban J connectivity index is 1.20. The SMILES string of the molecule is CC1(C)CCC(NC(=O)N[C@H](C(=O)N2C[C@H]3[C@@H]([C@H]2C(=O)N[C@@H](CCC2CC2)C(=O)C(=O)NC2CC2)C3(C)C)C(C)(C)C)([C@H]2CCCS2(=O)=O)CC1. The Kier molecular flexibility index (Phi) is 9.92. The summed E-state index contributed by atoms with van der Waals surface area (Å²) in [6.07, 6.45) is 8.65. The highest BCUT2D eigenvalue weighted by Gasteiger charge is 2.70. The van der Waals surface area contributed by atoms with Crippen molar-refractivity contribution < 1.29 is 32.4 Å². The maximum atomic E-state index is 14.6. The Bertz CT molecular complexity index is 1530. The van der Waals surface area contributed by atoms with E-state index in [1.54, 1.807) is 4.90 Å². The molecule has 2 saturated heterocycles.